The second-order valence-corrected chi connectivity index (χ2v) is 6.04. The van der Waals surface area contributed by atoms with Gasteiger partial charge in [-0.3, -0.25) is 0 Å². The van der Waals surface area contributed by atoms with E-state index in [9.17, 15) is 4.39 Å². The molecule has 118 valence electrons. The molecule has 0 amide bonds. The summed E-state index contributed by atoms with van der Waals surface area (Å²) in [6.07, 6.45) is 2.50. The van der Waals surface area contributed by atoms with E-state index in [0.29, 0.717) is 19.8 Å². The Balaban J connectivity index is 1.40. The fraction of sp³-hybridized carbons (Fsp3) is 0.438. The first-order valence-electron chi connectivity index (χ1n) is 7.46. The molecule has 1 aliphatic heterocycles. The fourth-order valence-electron chi connectivity index (χ4n) is 2.33. The first-order chi connectivity index (χ1) is 10.8. The van der Waals surface area contributed by atoms with Crippen LogP contribution in [-0.2, 0) is 9.47 Å². The number of ether oxygens (including phenoxy) is 2. The molecule has 1 saturated heterocycles. The van der Waals surface area contributed by atoms with Crippen LogP contribution in [0, 0.1) is 5.82 Å². The number of halogens is 1. The van der Waals surface area contributed by atoms with E-state index in [1.54, 1.807) is 12.1 Å². The number of nitrogens with zero attached hydrogens (tertiary/aromatic N) is 1. The smallest absolute Gasteiger partial charge is 0.183 e. The Morgan fingerprint density at radius 3 is 3.00 bits per heavy atom. The zero-order valence-corrected chi connectivity index (χ0v) is 13.1. The molecular weight excluding hydrogens is 303 g/mol. The zero-order chi connectivity index (χ0) is 15.2. The monoisotopic (exact) mass is 322 g/mol. The van der Waals surface area contributed by atoms with Gasteiger partial charge in [-0.05, 0) is 37.1 Å². The van der Waals surface area contributed by atoms with Gasteiger partial charge in [0.05, 0.1) is 25.0 Å². The second kappa shape index (κ2) is 7.67. The van der Waals surface area contributed by atoms with Crippen LogP contribution in [0.2, 0.25) is 0 Å². The molecule has 4 nitrogen and oxygen atoms in total. The van der Waals surface area contributed by atoms with E-state index >= 15 is 0 Å². The van der Waals surface area contributed by atoms with E-state index < -0.39 is 0 Å². The van der Waals surface area contributed by atoms with Gasteiger partial charge in [0.2, 0.25) is 0 Å². The summed E-state index contributed by atoms with van der Waals surface area (Å²) >= 11 is 1.54. The Morgan fingerprint density at radius 2 is 2.23 bits per heavy atom. The third-order valence-corrected chi connectivity index (χ3v) is 4.29. The molecule has 1 unspecified atom stereocenters. The van der Waals surface area contributed by atoms with Gasteiger partial charge in [-0.25, -0.2) is 9.37 Å². The average Bonchev–Trinajstić information content (AvgIpc) is 3.19. The summed E-state index contributed by atoms with van der Waals surface area (Å²) in [5.41, 5.74) is 1.77. The highest BCUT2D eigenvalue weighted by Crippen LogP contribution is 2.24. The maximum absolute atomic E-state index is 12.9. The van der Waals surface area contributed by atoms with Crippen molar-refractivity contribution in [1.29, 1.82) is 0 Å². The van der Waals surface area contributed by atoms with Crippen molar-refractivity contribution in [3.8, 4) is 11.3 Å². The molecule has 1 aromatic carbocycles. The summed E-state index contributed by atoms with van der Waals surface area (Å²) in [5, 5.41) is 6.05. The lowest BCUT2D eigenvalue weighted by Gasteiger charge is -2.10. The summed E-state index contributed by atoms with van der Waals surface area (Å²) in [6, 6.07) is 6.36. The Morgan fingerprint density at radius 1 is 1.36 bits per heavy atom. The van der Waals surface area contributed by atoms with Crippen LogP contribution in [0.3, 0.4) is 0 Å². The average molecular weight is 322 g/mol. The molecule has 6 heteroatoms. The molecule has 0 saturated carbocycles. The van der Waals surface area contributed by atoms with E-state index in [2.05, 4.69) is 10.3 Å². The van der Waals surface area contributed by atoms with Crippen molar-refractivity contribution in [1.82, 2.24) is 4.98 Å². The van der Waals surface area contributed by atoms with Gasteiger partial charge in [-0.15, -0.1) is 11.3 Å². The largest absolute Gasteiger partial charge is 0.377 e. The summed E-state index contributed by atoms with van der Waals surface area (Å²) in [6.45, 7) is 2.87. The third-order valence-electron chi connectivity index (χ3n) is 3.49. The first kappa shape index (κ1) is 15.4. The van der Waals surface area contributed by atoms with Crippen LogP contribution in [0.15, 0.2) is 29.6 Å². The molecule has 1 atom stereocenters. The van der Waals surface area contributed by atoms with Crippen LogP contribution in [-0.4, -0.2) is 37.5 Å². The van der Waals surface area contributed by atoms with Crippen LogP contribution in [0.25, 0.3) is 11.3 Å². The van der Waals surface area contributed by atoms with Gasteiger partial charge in [0.15, 0.2) is 5.13 Å². The van der Waals surface area contributed by atoms with Gasteiger partial charge in [-0.2, -0.15) is 0 Å². The number of anilines is 1. The minimum Gasteiger partial charge on any atom is -0.377 e. The molecule has 3 rings (SSSR count). The summed E-state index contributed by atoms with van der Waals surface area (Å²) in [4.78, 5) is 4.49. The molecule has 1 aliphatic rings. The van der Waals surface area contributed by atoms with Gasteiger partial charge < -0.3 is 14.8 Å². The fourth-order valence-corrected chi connectivity index (χ4v) is 3.08. The van der Waals surface area contributed by atoms with E-state index in [1.165, 1.54) is 23.5 Å². The summed E-state index contributed by atoms with van der Waals surface area (Å²) in [5.74, 6) is -0.235. The van der Waals surface area contributed by atoms with Gasteiger partial charge in [0.25, 0.3) is 0 Å². The Hall–Kier alpha value is -1.50. The Labute approximate surface area is 133 Å². The molecule has 0 bridgehead atoms. The van der Waals surface area contributed by atoms with Crippen LogP contribution in [0.5, 0.6) is 0 Å². The first-order valence-corrected chi connectivity index (χ1v) is 8.34. The van der Waals surface area contributed by atoms with Crippen molar-refractivity contribution >= 4 is 16.5 Å². The molecule has 0 spiro atoms. The van der Waals surface area contributed by atoms with Crippen molar-refractivity contribution in [2.75, 3.05) is 31.7 Å². The number of hydrogen-bond donors (Lipinski definition) is 1. The number of aromatic nitrogens is 1. The van der Waals surface area contributed by atoms with Crippen molar-refractivity contribution in [3.63, 3.8) is 0 Å². The molecule has 1 N–H and O–H groups in total. The predicted molar refractivity (Wildman–Crippen MR) is 85.8 cm³/mol. The number of nitrogens with one attached hydrogen (secondary N) is 1. The molecule has 1 fully saturated rings. The number of rotatable bonds is 7. The van der Waals surface area contributed by atoms with Gasteiger partial charge in [0, 0.05) is 24.1 Å². The quantitative estimate of drug-likeness (QED) is 0.792. The summed E-state index contributed by atoms with van der Waals surface area (Å²) < 4.78 is 24.0. The van der Waals surface area contributed by atoms with Crippen molar-refractivity contribution in [3.05, 3.63) is 35.5 Å². The lowest BCUT2D eigenvalue weighted by atomic mass is 10.2. The second-order valence-electron chi connectivity index (χ2n) is 5.18. The zero-order valence-electron chi connectivity index (χ0n) is 12.3. The lowest BCUT2D eigenvalue weighted by molar-refractivity contribution is 0.0206. The molecular formula is C16H19FN2O2S. The molecule has 22 heavy (non-hydrogen) atoms. The lowest BCUT2D eigenvalue weighted by Crippen LogP contribution is -2.17. The normalized spacial score (nSPS) is 17.8. The highest BCUT2D eigenvalue weighted by atomic mass is 32.1. The van der Waals surface area contributed by atoms with Gasteiger partial charge >= 0.3 is 0 Å². The van der Waals surface area contributed by atoms with Crippen molar-refractivity contribution in [2.24, 2.45) is 0 Å². The minimum atomic E-state index is -0.235. The standard InChI is InChI=1S/C16H19FN2O2S/c17-13-5-3-12(4-6-13)15-11-22-16(19-15)18-7-9-20-10-14-2-1-8-21-14/h3-6,11,14H,1-2,7-10H2,(H,18,19). The van der Waals surface area contributed by atoms with Crippen LogP contribution >= 0.6 is 11.3 Å². The highest BCUT2D eigenvalue weighted by Gasteiger charge is 2.14. The highest BCUT2D eigenvalue weighted by molar-refractivity contribution is 7.14. The molecule has 1 aromatic heterocycles. The number of hydrogen-bond acceptors (Lipinski definition) is 5. The molecule has 0 aliphatic carbocycles. The topological polar surface area (TPSA) is 43.4 Å². The Bertz CT molecular complexity index is 582. The maximum Gasteiger partial charge on any atom is 0.183 e. The Kier molecular flexibility index (Phi) is 5.37. The summed E-state index contributed by atoms with van der Waals surface area (Å²) in [7, 11) is 0. The maximum atomic E-state index is 12.9. The van der Waals surface area contributed by atoms with Crippen molar-refractivity contribution < 1.29 is 13.9 Å². The van der Waals surface area contributed by atoms with Crippen LogP contribution in [0.1, 0.15) is 12.8 Å². The van der Waals surface area contributed by atoms with E-state index in [4.69, 9.17) is 9.47 Å². The molecule has 0 radical (unpaired) electrons. The molecule has 2 heterocycles. The van der Waals surface area contributed by atoms with Gasteiger partial charge in [-0.1, -0.05) is 0 Å². The third kappa shape index (κ3) is 4.25. The van der Waals surface area contributed by atoms with E-state index in [-0.39, 0.29) is 11.9 Å². The van der Waals surface area contributed by atoms with Gasteiger partial charge in [0.1, 0.15) is 5.82 Å². The number of benzene rings is 1. The van der Waals surface area contributed by atoms with Crippen LogP contribution < -0.4 is 5.32 Å². The predicted octanol–water partition coefficient (Wildman–Crippen LogP) is 3.56. The minimum absolute atomic E-state index is 0.235. The molecule has 2 aromatic rings. The van der Waals surface area contributed by atoms with E-state index in [0.717, 1.165) is 35.8 Å². The SMILES string of the molecule is Fc1ccc(-c2csc(NCCOCC3CCCO3)n2)cc1. The number of thiazole rings is 1. The van der Waals surface area contributed by atoms with E-state index in [1.807, 2.05) is 5.38 Å². The van der Waals surface area contributed by atoms with Crippen LogP contribution in [0.4, 0.5) is 9.52 Å². The van der Waals surface area contributed by atoms with Crippen molar-refractivity contribution in [2.45, 2.75) is 18.9 Å².